The van der Waals surface area contributed by atoms with Crippen molar-refractivity contribution in [2.24, 2.45) is 5.14 Å². The maximum Gasteiger partial charge on any atom is 0.247 e. The summed E-state index contributed by atoms with van der Waals surface area (Å²) < 4.78 is 24.5. The highest BCUT2D eigenvalue weighted by Crippen LogP contribution is 2.32. The Balaban J connectivity index is 1.72. The average molecular weight is 409 g/mol. The van der Waals surface area contributed by atoms with E-state index in [1.807, 2.05) is 54.6 Å². The van der Waals surface area contributed by atoms with Crippen LogP contribution in [0.2, 0.25) is 0 Å². The van der Waals surface area contributed by atoms with E-state index in [0.717, 1.165) is 28.9 Å². The molecule has 28 heavy (non-hydrogen) atoms. The van der Waals surface area contributed by atoms with Crippen LogP contribution in [0.3, 0.4) is 0 Å². The molecule has 0 aliphatic rings. The Kier molecular flexibility index (Phi) is 5.17. The van der Waals surface area contributed by atoms with Gasteiger partial charge in [-0.1, -0.05) is 60.7 Å². The molecule has 0 saturated carbocycles. The summed E-state index contributed by atoms with van der Waals surface area (Å²) in [5.41, 5.74) is 3.47. The van der Waals surface area contributed by atoms with Gasteiger partial charge in [0.25, 0.3) is 0 Å². The number of rotatable bonds is 6. The molecule has 0 fully saturated rings. The van der Waals surface area contributed by atoms with E-state index in [1.54, 1.807) is 6.07 Å². The summed E-state index contributed by atoms with van der Waals surface area (Å²) in [6.07, 6.45) is 0. The van der Waals surface area contributed by atoms with Crippen molar-refractivity contribution in [3.63, 3.8) is 0 Å². The van der Waals surface area contributed by atoms with Gasteiger partial charge in [0, 0.05) is 23.5 Å². The molecule has 4 rings (SSSR count). The van der Waals surface area contributed by atoms with Crippen LogP contribution in [0, 0.1) is 0 Å². The van der Waals surface area contributed by atoms with Crippen molar-refractivity contribution >= 4 is 37.1 Å². The van der Waals surface area contributed by atoms with Crippen LogP contribution in [0.25, 0.3) is 10.1 Å². The van der Waals surface area contributed by atoms with E-state index in [-0.39, 0.29) is 4.21 Å². The van der Waals surface area contributed by atoms with Gasteiger partial charge in [-0.3, -0.25) is 0 Å². The Bertz CT molecular complexity index is 1150. The molecule has 0 amide bonds. The van der Waals surface area contributed by atoms with Crippen LogP contribution >= 0.6 is 11.3 Å². The summed E-state index contributed by atoms with van der Waals surface area (Å²) in [4.78, 5) is 2.29. The Morgan fingerprint density at radius 2 is 1.36 bits per heavy atom. The number of nitrogens with zero attached hydrogens (tertiary/aromatic N) is 1. The lowest BCUT2D eigenvalue weighted by Crippen LogP contribution is -2.22. The molecule has 1 aromatic heterocycles. The molecule has 142 valence electrons. The van der Waals surface area contributed by atoms with Crippen molar-refractivity contribution in [3.05, 3.63) is 96.1 Å². The van der Waals surface area contributed by atoms with Crippen LogP contribution in [0.15, 0.2) is 89.1 Å². The molecule has 0 radical (unpaired) electrons. The van der Waals surface area contributed by atoms with Gasteiger partial charge in [0.15, 0.2) is 0 Å². The highest BCUT2D eigenvalue weighted by atomic mass is 32.2. The number of benzene rings is 3. The number of hydrogen-bond donors (Lipinski definition) is 1. The fraction of sp³-hybridized carbons (Fsp3) is 0.0909. The monoisotopic (exact) mass is 408 g/mol. The number of nitrogens with two attached hydrogens (primary N) is 1. The molecule has 4 nitrogen and oxygen atoms in total. The summed E-state index contributed by atoms with van der Waals surface area (Å²) in [6.45, 7) is 1.51. The van der Waals surface area contributed by atoms with Crippen LogP contribution < -0.4 is 10.0 Å². The molecule has 3 aromatic carbocycles. The van der Waals surface area contributed by atoms with Gasteiger partial charge in [0.2, 0.25) is 10.0 Å². The molecular formula is C22H20N2O2S2. The standard InChI is InChI=1S/C22H20N2O2S2/c23-28(25,26)22-14-19-13-20(11-12-21(19)27-22)24(15-17-7-3-1-4-8-17)16-18-9-5-2-6-10-18/h1-14H,15-16H2,(H2,23,25,26). The lowest BCUT2D eigenvalue weighted by Gasteiger charge is -2.25. The highest BCUT2D eigenvalue weighted by molar-refractivity contribution is 7.91. The van der Waals surface area contributed by atoms with Crippen molar-refractivity contribution in [1.82, 2.24) is 0 Å². The number of fused-ring (bicyclic) bond motifs is 1. The molecule has 4 aromatic rings. The number of thiophene rings is 1. The molecule has 1 heterocycles. The molecule has 0 spiro atoms. The summed E-state index contributed by atoms with van der Waals surface area (Å²) >= 11 is 1.20. The molecular weight excluding hydrogens is 388 g/mol. The molecule has 6 heteroatoms. The van der Waals surface area contributed by atoms with Crippen LogP contribution in [0.1, 0.15) is 11.1 Å². The topological polar surface area (TPSA) is 63.4 Å². The van der Waals surface area contributed by atoms with Crippen LogP contribution in [-0.2, 0) is 23.1 Å². The van der Waals surface area contributed by atoms with Crippen molar-refractivity contribution < 1.29 is 8.42 Å². The highest BCUT2D eigenvalue weighted by Gasteiger charge is 2.14. The van der Waals surface area contributed by atoms with Crippen LogP contribution in [0.4, 0.5) is 5.69 Å². The predicted octanol–water partition coefficient (Wildman–Crippen LogP) is 4.76. The van der Waals surface area contributed by atoms with E-state index in [2.05, 4.69) is 29.2 Å². The summed E-state index contributed by atoms with van der Waals surface area (Å²) in [5, 5.41) is 6.18. The zero-order chi connectivity index (χ0) is 19.6. The normalized spacial score (nSPS) is 11.6. The van der Waals surface area contributed by atoms with Crippen LogP contribution in [0.5, 0.6) is 0 Å². The average Bonchev–Trinajstić information content (AvgIpc) is 3.13. The first-order valence-corrected chi connectivity index (χ1v) is 11.2. The smallest absolute Gasteiger partial charge is 0.247 e. The van der Waals surface area contributed by atoms with Gasteiger partial charge in [-0.05, 0) is 40.8 Å². The predicted molar refractivity (Wildman–Crippen MR) is 116 cm³/mol. The third-order valence-electron chi connectivity index (χ3n) is 4.56. The number of anilines is 1. The van der Waals surface area contributed by atoms with Gasteiger partial charge in [-0.2, -0.15) is 0 Å². The summed E-state index contributed by atoms with van der Waals surface area (Å²) in [6, 6.07) is 28.3. The Morgan fingerprint density at radius 3 is 1.89 bits per heavy atom. The minimum absolute atomic E-state index is 0.192. The summed E-state index contributed by atoms with van der Waals surface area (Å²) in [5.74, 6) is 0. The first-order chi connectivity index (χ1) is 13.5. The lowest BCUT2D eigenvalue weighted by atomic mass is 10.1. The van der Waals surface area contributed by atoms with Crippen LogP contribution in [-0.4, -0.2) is 8.42 Å². The minimum atomic E-state index is -3.69. The fourth-order valence-corrected chi connectivity index (χ4v) is 4.99. The molecule has 0 atom stereocenters. The van der Waals surface area contributed by atoms with Crippen molar-refractivity contribution in [2.45, 2.75) is 17.3 Å². The molecule has 0 saturated heterocycles. The zero-order valence-corrected chi connectivity index (χ0v) is 16.8. The van der Waals surface area contributed by atoms with E-state index in [9.17, 15) is 8.42 Å². The Hall–Kier alpha value is -2.67. The van der Waals surface area contributed by atoms with Gasteiger partial charge >= 0.3 is 0 Å². The van der Waals surface area contributed by atoms with Gasteiger partial charge in [0.05, 0.1) is 0 Å². The van der Waals surface area contributed by atoms with E-state index in [1.165, 1.54) is 22.5 Å². The van der Waals surface area contributed by atoms with Crippen molar-refractivity contribution in [2.75, 3.05) is 4.90 Å². The number of sulfonamides is 1. The minimum Gasteiger partial charge on any atom is -0.363 e. The Morgan fingerprint density at radius 1 is 0.786 bits per heavy atom. The number of hydrogen-bond acceptors (Lipinski definition) is 4. The molecule has 2 N–H and O–H groups in total. The molecule has 0 unspecified atom stereocenters. The number of primary sulfonamides is 1. The van der Waals surface area contributed by atoms with Gasteiger partial charge in [0.1, 0.15) is 4.21 Å². The second-order valence-electron chi connectivity index (χ2n) is 6.66. The van der Waals surface area contributed by atoms with Gasteiger partial charge < -0.3 is 4.90 Å². The SMILES string of the molecule is NS(=O)(=O)c1cc2cc(N(Cc3ccccc3)Cc3ccccc3)ccc2s1. The lowest BCUT2D eigenvalue weighted by molar-refractivity contribution is 0.600. The largest absolute Gasteiger partial charge is 0.363 e. The van der Waals surface area contributed by atoms with Gasteiger partial charge in [-0.15, -0.1) is 11.3 Å². The molecule has 0 bridgehead atoms. The van der Waals surface area contributed by atoms with E-state index in [0.29, 0.717) is 0 Å². The molecule has 0 aliphatic carbocycles. The molecule has 0 aliphatic heterocycles. The van der Waals surface area contributed by atoms with Gasteiger partial charge in [-0.25, -0.2) is 13.6 Å². The second-order valence-corrected chi connectivity index (χ2v) is 9.53. The third-order valence-corrected chi connectivity index (χ3v) is 7.09. The van der Waals surface area contributed by atoms with E-state index < -0.39 is 10.0 Å². The quantitative estimate of drug-likeness (QED) is 0.500. The maximum atomic E-state index is 11.7. The second kappa shape index (κ2) is 7.75. The maximum absolute atomic E-state index is 11.7. The Labute approximate surface area is 168 Å². The summed E-state index contributed by atoms with van der Waals surface area (Å²) in [7, 11) is -3.69. The first kappa shape index (κ1) is 18.7. The van der Waals surface area contributed by atoms with E-state index >= 15 is 0 Å². The first-order valence-electron chi connectivity index (χ1n) is 8.88. The fourth-order valence-electron chi connectivity index (χ4n) is 3.19. The zero-order valence-electron chi connectivity index (χ0n) is 15.2. The van der Waals surface area contributed by atoms with Crippen molar-refractivity contribution in [3.8, 4) is 0 Å². The van der Waals surface area contributed by atoms with E-state index in [4.69, 9.17) is 5.14 Å². The van der Waals surface area contributed by atoms with Crippen molar-refractivity contribution in [1.29, 1.82) is 0 Å². The third kappa shape index (κ3) is 4.25.